The third-order valence-corrected chi connectivity index (χ3v) is 10.0. The number of aryl methyl sites for hydroxylation is 1. The van der Waals surface area contributed by atoms with Crippen molar-refractivity contribution in [3.63, 3.8) is 0 Å². The number of benzene rings is 1. The number of thioether (sulfide) groups is 1. The molecule has 0 spiro atoms. The van der Waals surface area contributed by atoms with Gasteiger partial charge in [0.2, 0.25) is 0 Å². The van der Waals surface area contributed by atoms with Crippen molar-refractivity contribution in [2.24, 2.45) is 23.9 Å². The molecule has 0 saturated carbocycles. The minimum atomic E-state index is -0.00821. The number of nitrogens with one attached hydrogen (secondary N) is 1. The van der Waals surface area contributed by atoms with Gasteiger partial charge < -0.3 is 14.6 Å². The molecule has 2 aliphatic heterocycles. The van der Waals surface area contributed by atoms with Crippen LogP contribution in [0.3, 0.4) is 0 Å². The molecule has 2 aromatic heterocycles. The van der Waals surface area contributed by atoms with Gasteiger partial charge in [-0.3, -0.25) is 4.98 Å². The number of hydrogen-bond donors (Lipinski definition) is 1. The molecule has 0 amide bonds. The lowest BCUT2D eigenvalue weighted by molar-refractivity contribution is 0.240. The van der Waals surface area contributed by atoms with Crippen LogP contribution in [0.25, 0.3) is 22.3 Å². The van der Waals surface area contributed by atoms with E-state index in [0.29, 0.717) is 17.9 Å². The summed E-state index contributed by atoms with van der Waals surface area (Å²) >= 11 is 5.69. The van der Waals surface area contributed by atoms with Crippen LogP contribution in [0.2, 0.25) is 0 Å². The van der Waals surface area contributed by atoms with Crippen LogP contribution in [0.15, 0.2) is 62.3 Å². The molecule has 0 bridgehead atoms. The van der Waals surface area contributed by atoms with Gasteiger partial charge in [0.15, 0.2) is 23.0 Å². The second-order valence-corrected chi connectivity index (χ2v) is 12.8. The number of allylic oxidation sites excluding steroid dienone is 1. The maximum atomic E-state index is 6.24. The molecule has 4 heterocycles. The molecule has 4 unspecified atom stereocenters. The summed E-state index contributed by atoms with van der Waals surface area (Å²) in [6.45, 7) is 7.34. The quantitative estimate of drug-likeness (QED) is 0.280. The van der Waals surface area contributed by atoms with E-state index in [1.165, 1.54) is 10.1 Å². The summed E-state index contributed by atoms with van der Waals surface area (Å²) in [6.07, 6.45) is 6.38. The number of fused-ring (bicyclic) bond motifs is 4. The van der Waals surface area contributed by atoms with E-state index in [1.54, 1.807) is 11.8 Å². The van der Waals surface area contributed by atoms with E-state index in [0.717, 1.165) is 82.7 Å². The summed E-state index contributed by atoms with van der Waals surface area (Å²) in [5, 5.41) is 15.0. The van der Waals surface area contributed by atoms with Crippen LogP contribution in [-0.2, 0) is 11.8 Å². The van der Waals surface area contributed by atoms with Crippen molar-refractivity contribution in [3.8, 4) is 11.4 Å². The lowest BCUT2D eigenvalue weighted by Crippen LogP contribution is -2.36. The van der Waals surface area contributed by atoms with Gasteiger partial charge in [0.1, 0.15) is 0 Å². The minimum Gasteiger partial charge on any atom is -0.466 e. The maximum absolute atomic E-state index is 6.24. The van der Waals surface area contributed by atoms with Gasteiger partial charge in [-0.15, -0.1) is 22.6 Å². The fourth-order valence-corrected chi connectivity index (χ4v) is 7.71. The van der Waals surface area contributed by atoms with Crippen LogP contribution in [-0.4, -0.2) is 50.1 Å². The van der Waals surface area contributed by atoms with Crippen molar-refractivity contribution >= 4 is 56.9 Å². The van der Waals surface area contributed by atoms with Gasteiger partial charge in [0.25, 0.3) is 0 Å². The molecule has 3 aliphatic rings. The zero-order chi connectivity index (χ0) is 27.1. The highest BCUT2D eigenvalue weighted by atomic mass is 79.9. The Morgan fingerprint density at radius 1 is 1.23 bits per heavy atom. The van der Waals surface area contributed by atoms with E-state index in [-0.39, 0.29) is 18.5 Å². The lowest BCUT2D eigenvalue weighted by atomic mass is 9.79. The molecule has 6 rings (SSSR count). The summed E-state index contributed by atoms with van der Waals surface area (Å²) in [4.78, 5) is 9.40. The summed E-state index contributed by atoms with van der Waals surface area (Å²) < 4.78 is 9.59. The smallest absolute Gasteiger partial charge is 0.191 e. The van der Waals surface area contributed by atoms with Gasteiger partial charge >= 0.3 is 0 Å². The van der Waals surface area contributed by atoms with Crippen LogP contribution in [0.4, 0.5) is 0 Å². The third kappa shape index (κ3) is 5.62. The first-order chi connectivity index (χ1) is 18.9. The molecule has 1 aromatic carbocycles. The number of rotatable bonds is 7. The number of aromatic nitrogens is 4. The second-order valence-electron chi connectivity index (χ2n) is 10.8. The van der Waals surface area contributed by atoms with Gasteiger partial charge in [0, 0.05) is 52.9 Å². The minimum absolute atomic E-state index is 0. The van der Waals surface area contributed by atoms with E-state index < -0.39 is 0 Å². The molecule has 10 heteroatoms. The number of halogens is 2. The van der Waals surface area contributed by atoms with Crippen LogP contribution in [0.5, 0.6) is 0 Å². The molecular weight excluding hydrogens is 608 g/mol. The molecule has 212 valence electrons. The highest BCUT2D eigenvalue weighted by molar-refractivity contribution is 9.11. The third-order valence-electron chi connectivity index (χ3n) is 8.22. The number of aliphatic imine (C=N–C) groups is 1. The van der Waals surface area contributed by atoms with Gasteiger partial charge in [-0.05, 0) is 55.7 Å². The summed E-state index contributed by atoms with van der Waals surface area (Å²) in [5.74, 6) is 3.75. The monoisotopic (exact) mass is 642 g/mol. The normalized spacial score (nSPS) is 23.0. The Morgan fingerprint density at radius 3 is 2.90 bits per heavy atom. The van der Waals surface area contributed by atoms with Gasteiger partial charge in [-0.25, -0.2) is 4.99 Å². The summed E-state index contributed by atoms with van der Waals surface area (Å²) in [5.41, 5.74) is 5.56. The molecule has 0 radical (unpaired) electrons. The molecule has 4 atom stereocenters. The fourth-order valence-electron chi connectivity index (χ4n) is 5.96. The predicted octanol–water partition coefficient (Wildman–Crippen LogP) is 7.00. The van der Waals surface area contributed by atoms with Gasteiger partial charge in [0.05, 0.1) is 11.2 Å². The number of pyridine rings is 1. The first-order valence-corrected chi connectivity index (χ1v) is 15.7. The van der Waals surface area contributed by atoms with Crippen molar-refractivity contribution in [1.82, 2.24) is 25.1 Å². The molecule has 0 fully saturated rings. The van der Waals surface area contributed by atoms with Crippen molar-refractivity contribution < 1.29 is 4.74 Å². The highest BCUT2D eigenvalue weighted by Gasteiger charge is 2.40. The molecule has 3 aromatic rings. The Balaban J connectivity index is 0.00000323. The largest absolute Gasteiger partial charge is 0.466 e. The first kappa shape index (κ1) is 29.3. The van der Waals surface area contributed by atoms with E-state index >= 15 is 0 Å². The Hall–Kier alpha value is -2.20. The Bertz CT molecular complexity index is 1500. The fraction of sp³-hybridized carbons (Fsp3) is 0.467. The van der Waals surface area contributed by atoms with E-state index in [2.05, 4.69) is 92.2 Å². The number of ether oxygens (including phenoxy) is 1. The van der Waals surface area contributed by atoms with Crippen molar-refractivity contribution in [3.05, 3.63) is 57.9 Å². The van der Waals surface area contributed by atoms with E-state index in [4.69, 9.17) is 9.73 Å². The van der Waals surface area contributed by atoms with Crippen molar-refractivity contribution in [2.45, 2.75) is 63.8 Å². The zero-order valence-corrected chi connectivity index (χ0v) is 26.6. The Kier molecular flexibility index (Phi) is 9.05. The Morgan fingerprint density at radius 2 is 2.08 bits per heavy atom. The molecular formula is C30H36BrClN6OS. The average molecular weight is 644 g/mol. The summed E-state index contributed by atoms with van der Waals surface area (Å²) in [7, 11) is 2.06. The number of hydrogen-bond acceptors (Lipinski definition) is 7. The highest BCUT2D eigenvalue weighted by Crippen LogP contribution is 2.43. The standard InChI is InChI=1S/C30H35BrN6OS.ClH/c1-5-26-34-24-12-10-19-15-25(32-16-22(31)27(19)28(24)38-26)17(2)13-14-39-30-36-35-29(37(30)4)21-7-6-8-23-20(21)11-9-18(3)33-23;/h6-9,11-12,17,19,25,28,32H,5,10,13-16H2,1-4H3;1H. The average Bonchev–Trinajstić information content (AvgIpc) is 3.47. The van der Waals surface area contributed by atoms with Crippen LogP contribution >= 0.6 is 40.1 Å². The molecule has 0 saturated heterocycles. The van der Waals surface area contributed by atoms with E-state index in [1.807, 2.05) is 13.0 Å². The summed E-state index contributed by atoms with van der Waals surface area (Å²) in [6, 6.07) is 10.8. The predicted molar refractivity (Wildman–Crippen MR) is 169 cm³/mol. The zero-order valence-electron chi connectivity index (χ0n) is 23.4. The van der Waals surface area contributed by atoms with Gasteiger partial charge in [-0.1, -0.05) is 65.8 Å². The van der Waals surface area contributed by atoms with E-state index in [9.17, 15) is 0 Å². The molecule has 7 nitrogen and oxygen atoms in total. The molecule has 1 N–H and O–H groups in total. The first-order valence-electron chi connectivity index (χ1n) is 13.9. The topological polar surface area (TPSA) is 77.2 Å². The number of nitrogens with zero attached hydrogens (tertiary/aromatic N) is 5. The molecule has 1 aliphatic carbocycles. The lowest BCUT2D eigenvalue weighted by Gasteiger charge is -2.31. The van der Waals surface area contributed by atoms with Gasteiger partial charge in [-0.2, -0.15) is 0 Å². The van der Waals surface area contributed by atoms with Crippen molar-refractivity contribution in [1.29, 1.82) is 0 Å². The second kappa shape index (κ2) is 12.3. The molecule has 40 heavy (non-hydrogen) atoms. The SMILES string of the molecule is CCC1=NC2=CCC3CC(C(C)CCSc4nnc(-c5cccc6nc(C)ccc56)n4C)NCC(Br)=C3C2O1.Cl. The van der Waals surface area contributed by atoms with Crippen LogP contribution in [0, 0.1) is 18.8 Å². The Labute approximate surface area is 254 Å². The maximum Gasteiger partial charge on any atom is 0.191 e. The van der Waals surface area contributed by atoms with Crippen LogP contribution in [0.1, 0.15) is 45.2 Å². The van der Waals surface area contributed by atoms with Crippen LogP contribution < -0.4 is 5.32 Å². The van der Waals surface area contributed by atoms with Crippen molar-refractivity contribution in [2.75, 3.05) is 12.3 Å².